The number of carbonyl (C=O) groups excluding carboxylic acids is 2. The largest absolute Gasteiger partial charge is 0.369 e. The molecule has 114 valence electrons. The molecule has 0 spiro atoms. The van der Waals surface area contributed by atoms with Crippen LogP contribution >= 0.6 is 0 Å². The molecule has 1 atom stereocenters. The van der Waals surface area contributed by atoms with Gasteiger partial charge in [0.15, 0.2) is 0 Å². The van der Waals surface area contributed by atoms with E-state index in [9.17, 15) is 9.59 Å². The second kappa shape index (κ2) is 6.54. The van der Waals surface area contributed by atoms with Gasteiger partial charge in [-0.3, -0.25) is 14.5 Å². The Labute approximate surface area is 120 Å². The van der Waals surface area contributed by atoms with Crippen LogP contribution in [0.3, 0.4) is 0 Å². The maximum absolute atomic E-state index is 12.5. The van der Waals surface area contributed by atoms with Gasteiger partial charge in [0.25, 0.3) is 0 Å². The quantitative estimate of drug-likeness (QED) is 0.631. The first-order valence-corrected chi connectivity index (χ1v) is 7.58. The van der Waals surface area contributed by atoms with Crippen LogP contribution in [0.1, 0.15) is 32.6 Å². The van der Waals surface area contributed by atoms with Crippen molar-refractivity contribution in [2.24, 2.45) is 11.1 Å². The van der Waals surface area contributed by atoms with Crippen molar-refractivity contribution in [1.82, 2.24) is 15.5 Å². The lowest BCUT2D eigenvalue weighted by molar-refractivity contribution is -0.131. The van der Waals surface area contributed by atoms with Gasteiger partial charge in [-0.25, -0.2) is 0 Å². The number of likely N-dealkylation sites (tertiary alicyclic amines) is 1. The number of primary amides is 1. The van der Waals surface area contributed by atoms with Gasteiger partial charge < -0.3 is 16.4 Å². The number of nitrogens with zero attached hydrogens (tertiary/aromatic N) is 1. The summed E-state index contributed by atoms with van der Waals surface area (Å²) in [7, 11) is 0. The fourth-order valence-corrected chi connectivity index (χ4v) is 3.19. The average molecular weight is 282 g/mol. The zero-order chi connectivity index (χ0) is 14.6. The predicted octanol–water partition coefficient (Wildman–Crippen LogP) is -0.558. The van der Waals surface area contributed by atoms with Crippen LogP contribution in [-0.2, 0) is 9.59 Å². The highest BCUT2D eigenvalue weighted by Crippen LogP contribution is 2.30. The fraction of sp³-hybridized carbons (Fsp3) is 0.857. The first-order chi connectivity index (χ1) is 9.55. The second-order valence-electron chi connectivity index (χ2n) is 6.05. The van der Waals surface area contributed by atoms with E-state index in [0.29, 0.717) is 6.54 Å². The van der Waals surface area contributed by atoms with Crippen molar-refractivity contribution in [3.05, 3.63) is 0 Å². The van der Waals surface area contributed by atoms with E-state index in [1.807, 2.05) is 0 Å². The average Bonchev–Trinajstić information content (AvgIpc) is 2.90. The van der Waals surface area contributed by atoms with E-state index in [0.717, 1.165) is 51.9 Å². The molecule has 0 aromatic rings. The summed E-state index contributed by atoms with van der Waals surface area (Å²) in [5, 5.41) is 6.50. The van der Waals surface area contributed by atoms with Crippen molar-refractivity contribution in [3.8, 4) is 0 Å². The molecule has 0 bridgehead atoms. The Kier molecular flexibility index (Phi) is 4.99. The molecule has 2 aliphatic heterocycles. The Morgan fingerprint density at radius 1 is 1.40 bits per heavy atom. The van der Waals surface area contributed by atoms with Crippen LogP contribution in [0.5, 0.6) is 0 Å². The molecule has 2 fully saturated rings. The summed E-state index contributed by atoms with van der Waals surface area (Å²) in [6, 6.07) is 0.232. The third-order valence-corrected chi connectivity index (χ3v) is 4.70. The zero-order valence-corrected chi connectivity index (χ0v) is 12.3. The Balaban J connectivity index is 1.80. The normalized spacial score (nSPS) is 28.4. The zero-order valence-electron chi connectivity index (χ0n) is 12.3. The lowest BCUT2D eigenvalue weighted by Gasteiger charge is -2.34. The number of carbonyl (C=O) groups is 2. The highest BCUT2D eigenvalue weighted by molar-refractivity contribution is 5.83. The summed E-state index contributed by atoms with van der Waals surface area (Å²) < 4.78 is 0. The van der Waals surface area contributed by atoms with E-state index in [1.165, 1.54) is 0 Å². The second-order valence-corrected chi connectivity index (χ2v) is 6.05. The molecule has 0 saturated carbocycles. The number of nitrogens with two attached hydrogens (primary N) is 1. The fourth-order valence-electron chi connectivity index (χ4n) is 3.19. The van der Waals surface area contributed by atoms with Gasteiger partial charge >= 0.3 is 0 Å². The molecule has 2 aliphatic rings. The minimum absolute atomic E-state index is 0.193. The van der Waals surface area contributed by atoms with E-state index in [1.54, 1.807) is 0 Å². The Bertz CT molecular complexity index is 358. The molecule has 0 radical (unpaired) electrons. The Morgan fingerprint density at radius 2 is 2.10 bits per heavy atom. The molecule has 2 amide bonds. The highest BCUT2D eigenvalue weighted by atomic mass is 16.2. The lowest BCUT2D eigenvalue weighted by atomic mass is 9.83. The molecule has 20 heavy (non-hydrogen) atoms. The molecular weight excluding hydrogens is 256 g/mol. The smallest absolute Gasteiger partial charge is 0.231 e. The van der Waals surface area contributed by atoms with Gasteiger partial charge in [-0.1, -0.05) is 6.92 Å². The van der Waals surface area contributed by atoms with Gasteiger partial charge in [-0.2, -0.15) is 0 Å². The highest BCUT2D eigenvalue weighted by Gasteiger charge is 2.40. The van der Waals surface area contributed by atoms with Crippen LogP contribution in [0.2, 0.25) is 0 Å². The number of amides is 2. The van der Waals surface area contributed by atoms with Crippen LogP contribution < -0.4 is 16.4 Å². The van der Waals surface area contributed by atoms with E-state index in [-0.39, 0.29) is 23.3 Å². The van der Waals surface area contributed by atoms with Gasteiger partial charge in [0.2, 0.25) is 11.8 Å². The lowest BCUT2D eigenvalue weighted by Crippen LogP contribution is -2.51. The van der Waals surface area contributed by atoms with Gasteiger partial charge in [0.05, 0.1) is 12.0 Å². The van der Waals surface area contributed by atoms with E-state index >= 15 is 0 Å². The third-order valence-electron chi connectivity index (χ3n) is 4.70. The van der Waals surface area contributed by atoms with Crippen molar-refractivity contribution < 1.29 is 9.59 Å². The van der Waals surface area contributed by atoms with Gasteiger partial charge in [0, 0.05) is 25.7 Å². The summed E-state index contributed by atoms with van der Waals surface area (Å²) in [6.45, 7) is 5.77. The molecule has 6 heteroatoms. The molecule has 2 rings (SSSR count). The van der Waals surface area contributed by atoms with Crippen molar-refractivity contribution in [2.45, 2.75) is 38.6 Å². The molecular formula is C14H26N4O2. The summed E-state index contributed by atoms with van der Waals surface area (Å²) in [5.74, 6) is -0.0900. The van der Waals surface area contributed by atoms with E-state index in [4.69, 9.17) is 5.73 Å². The van der Waals surface area contributed by atoms with Crippen molar-refractivity contribution in [2.75, 3.05) is 32.7 Å². The Morgan fingerprint density at radius 3 is 2.60 bits per heavy atom. The SMILES string of the molecule is CCC1(C(=O)NC2CCN(CC(N)=O)CC2)CCNC1. The van der Waals surface area contributed by atoms with Gasteiger partial charge in [-0.05, 0) is 32.2 Å². The number of rotatable bonds is 5. The van der Waals surface area contributed by atoms with Crippen LogP contribution in [-0.4, -0.2) is 55.5 Å². The van der Waals surface area contributed by atoms with Crippen molar-refractivity contribution in [3.63, 3.8) is 0 Å². The molecule has 6 nitrogen and oxygen atoms in total. The minimum atomic E-state index is -0.283. The summed E-state index contributed by atoms with van der Waals surface area (Å²) in [6.07, 6.45) is 3.60. The monoisotopic (exact) mass is 282 g/mol. The summed E-state index contributed by atoms with van der Waals surface area (Å²) in [4.78, 5) is 25.4. The summed E-state index contributed by atoms with van der Waals surface area (Å²) >= 11 is 0. The van der Waals surface area contributed by atoms with Crippen LogP contribution in [0.25, 0.3) is 0 Å². The van der Waals surface area contributed by atoms with Crippen LogP contribution in [0.15, 0.2) is 0 Å². The van der Waals surface area contributed by atoms with Gasteiger partial charge in [0.1, 0.15) is 0 Å². The molecule has 2 saturated heterocycles. The standard InChI is InChI=1S/C14H26N4O2/c1-2-14(5-6-16-10-14)13(20)17-11-3-7-18(8-4-11)9-12(15)19/h11,16H,2-10H2,1H3,(H2,15,19)(H,17,20). The number of nitrogens with one attached hydrogen (secondary N) is 2. The molecule has 0 aliphatic carbocycles. The van der Waals surface area contributed by atoms with Crippen LogP contribution in [0.4, 0.5) is 0 Å². The van der Waals surface area contributed by atoms with Crippen molar-refractivity contribution in [1.29, 1.82) is 0 Å². The molecule has 4 N–H and O–H groups in total. The van der Waals surface area contributed by atoms with Crippen molar-refractivity contribution >= 4 is 11.8 Å². The number of hydrogen-bond acceptors (Lipinski definition) is 4. The number of piperidine rings is 1. The number of hydrogen-bond donors (Lipinski definition) is 3. The molecule has 0 aromatic carbocycles. The maximum Gasteiger partial charge on any atom is 0.231 e. The first-order valence-electron chi connectivity index (χ1n) is 7.58. The van der Waals surface area contributed by atoms with E-state index < -0.39 is 0 Å². The maximum atomic E-state index is 12.5. The predicted molar refractivity (Wildman–Crippen MR) is 77.0 cm³/mol. The summed E-state index contributed by atoms with van der Waals surface area (Å²) in [5.41, 5.74) is 4.98. The minimum Gasteiger partial charge on any atom is -0.369 e. The Hall–Kier alpha value is -1.14. The molecule has 2 heterocycles. The molecule has 1 unspecified atom stereocenters. The van der Waals surface area contributed by atoms with E-state index in [2.05, 4.69) is 22.5 Å². The molecule has 0 aromatic heterocycles. The third kappa shape index (κ3) is 3.49. The first kappa shape index (κ1) is 15.3. The van der Waals surface area contributed by atoms with Crippen LogP contribution in [0, 0.1) is 5.41 Å². The van der Waals surface area contributed by atoms with Gasteiger partial charge in [-0.15, -0.1) is 0 Å². The topological polar surface area (TPSA) is 87.5 Å².